The third-order valence-corrected chi connectivity index (χ3v) is 6.69. The van der Waals surface area contributed by atoms with Crippen LogP contribution in [0.25, 0.3) is 10.9 Å². The van der Waals surface area contributed by atoms with E-state index >= 15 is 0 Å². The van der Waals surface area contributed by atoms with Crippen LogP contribution in [0, 0.1) is 5.92 Å². The Bertz CT molecular complexity index is 887. The van der Waals surface area contributed by atoms with Crippen LogP contribution in [-0.2, 0) is 16.0 Å². The van der Waals surface area contributed by atoms with Gasteiger partial charge in [-0.2, -0.15) is 0 Å². The lowest BCUT2D eigenvalue weighted by molar-refractivity contribution is -0.121. The molecule has 5 nitrogen and oxygen atoms in total. The fraction of sp³-hybridized carbons (Fsp3) is 0.583. The highest BCUT2D eigenvalue weighted by Gasteiger charge is 2.40. The molecule has 2 N–H and O–H groups in total. The number of benzene rings is 1. The Morgan fingerprint density at radius 3 is 2.93 bits per heavy atom. The first-order valence-corrected chi connectivity index (χ1v) is 11.2. The highest BCUT2D eigenvalue weighted by atomic mass is 16.1. The van der Waals surface area contributed by atoms with Gasteiger partial charge in [-0.25, -0.2) is 0 Å². The Hall–Kier alpha value is -2.14. The van der Waals surface area contributed by atoms with Crippen LogP contribution in [0.4, 0.5) is 0 Å². The van der Waals surface area contributed by atoms with Crippen LogP contribution >= 0.6 is 0 Å². The first-order valence-electron chi connectivity index (χ1n) is 11.2. The number of nitrogens with zero attached hydrogens (tertiary/aromatic N) is 1. The largest absolute Gasteiger partial charge is 0.361 e. The van der Waals surface area contributed by atoms with Crippen LogP contribution in [0.3, 0.4) is 0 Å². The van der Waals surface area contributed by atoms with Gasteiger partial charge in [-0.05, 0) is 62.3 Å². The molecule has 4 rings (SSSR count). The van der Waals surface area contributed by atoms with Crippen molar-refractivity contribution in [3.05, 3.63) is 35.5 Å². The Labute approximate surface area is 173 Å². The third-order valence-electron chi connectivity index (χ3n) is 6.69. The van der Waals surface area contributed by atoms with Gasteiger partial charge in [-0.1, -0.05) is 19.1 Å². The Morgan fingerprint density at radius 2 is 2.14 bits per heavy atom. The fourth-order valence-electron chi connectivity index (χ4n) is 5.44. The summed E-state index contributed by atoms with van der Waals surface area (Å²) in [4.78, 5) is 29.4. The van der Waals surface area contributed by atoms with Crippen molar-refractivity contribution in [2.75, 3.05) is 19.6 Å². The van der Waals surface area contributed by atoms with Crippen molar-refractivity contribution in [3.8, 4) is 0 Å². The highest BCUT2D eigenvalue weighted by Crippen LogP contribution is 2.44. The third kappa shape index (κ3) is 4.25. The van der Waals surface area contributed by atoms with Gasteiger partial charge in [0.2, 0.25) is 5.91 Å². The van der Waals surface area contributed by atoms with E-state index in [2.05, 4.69) is 46.5 Å². The molecule has 156 valence electrons. The number of likely N-dealkylation sites (tertiary alicyclic amines) is 1. The van der Waals surface area contributed by atoms with Gasteiger partial charge in [0, 0.05) is 55.0 Å². The second-order valence-corrected chi connectivity index (χ2v) is 8.92. The molecule has 3 atom stereocenters. The zero-order chi connectivity index (χ0) is 20.4. The number of carbonyl (C=O) groups excluding carboxylic acids is 2. The summed E-state index contributed by atoms with van der Waals surface area (Å²) in [6.45, 7) is 6.73. The van der Waals surface area contributed by atoms with Gasteiger partial charge in [0.25, 0.3) is 0 Å². The number of carbonyl (C=O) groups is 2. The number of aromatic amines is 1. The first-order chi connectivity index (χ1) is 14.1. The summed E-state index contributed by atoms with van der Waals surface area (Å²) < 4.78 is 0. The molecule has 2 aromatic rings. The molecule has 1 aliphatic heterocycles. The summed E-state index contributed by atoms with van der Waals surface area (Å²) in [5, 5.41) is 4.57. The molecule has 3 unspecified atom stereocenters. The average Bonchev–Trinajstić information content (AvgIpc) is 3.11. The quantitative estimate of drug-likeness (QED) is 0.715. The first kappa shape index (κ1) is 20.1. The van der Waals surface area contributed by atoms with E-state index in [0.29, 0.717) is 37.1 Å². The lowest BCUT2D eigenvalue weighted by atomic mass is 9.72. The maximum Gasteiger partial charge on any atom is 0.220 e. The van der Waals surface area contributed by atoms with E-state index in [1.165, 1.54) is 22.0 Å². The number of hydrogen-bond donors (Lipinski definition) is 2. The summed E-state index contributed by atoms with van der Waals surface area (Å²) in [6, 6.07) is 7.22. The number of rotatable bonds is 8. The number of H-pyrrole nitrogens is 1. The lowest BCUT2D eigenvalue weighted by Crippen LogP contribution is -2.52. The number of aromatic nitrogens is 1. The van der Waals surface area contributed by atoms with E-state index in [-0.39, 0.29) is 11.7 Å². The van der Waals surface area contributed by atoms with E-state index in [4.69, 9.17) is 0 Å². The lowest BCUT2D eigenvalue weighted by Gasteiger charge is -2.47. The predicted molar refractivity (Wildman–Crippen MR) is 116 cm³/mol. The maximum absolute atomic E-state index is 12.2. The van der Waals surface area contributed by atoms with E-state index < -0.39 is 0 Å². The average molecular weight is 396 g/mol. The molecule has 1 aromatic carbocycles. The number of nitrogens with one attached hydrogen (secondary N) is 2. The Balaban J connectivity index is 1.46. The van der Waals surface area contributed by atoms with Gasteiger partial charge >= 0.3 is 0 Å². The molecule has 29 heavy (non-hydrogen) atoms. The second kappa shape index (κ2) is 8.70. The summed E-state index contributed by atoms with van der Waals surface area (Å²) in [5.74, 6) is 1.23. The number of piperidine rings is 1. The minimum atomic E-state index is 0.0779. The van der Waals surface area contributed by atoms with Crippen LogP contribution in [0.5, 0.6) is 0 Å². The van der Waals surface area contributed by atoms with E-state index in [9.17, 15) is 9.59 Å². The molecule has 0 spiro atoms. The van der Waals surface area contributed by atoms with Crippen molar-refractivity contribution in [2.24, 2.45) is 5.92 Å². The van der Waals surface area contributed by atoms with Crippen molar-refractivity contribution in [1.29, 1.82) is 0 Å². The Morgan fingerprint density at radius 1 is 1.28 bits per heavy atom. The van der Waals surface area contributed by atoms with Gasteiger partial charge in [0.1, 0.15) is 5.78 Å². The molecule has 0 saturated carbocycles. The van der Waals surface area contributed by atoms with E-state index in [0.717, 1.165) is 38.9 Å². The minimum Gasteiger partial charge on any atom is -0.361 e. The van der Waals surface area contributed by atoms with Gasteiger partial charge in [-0.3, -0.25) is 9.69 Å². The van der Waals surface area contributed by atoms with Crippen molar-refractivity contribution < 1.29 is 9.59 Å². The zero-order valence-corrected chi connectivity index (χ0v) is 17.7. The summed E-state index contributed by atoms with van der Waals surface area (Å²) in [5.41, 5.74) is 4.18. The number of fused-ring (bicyclic) bond motifs is 2. The minimum absolute atomic E-state index is 0.0779. The SMILES string of the molecule is CCCN1CC(CNC(=O)CCCC(C)=O)CC2c3cccc4[nH]cc(c34)CC21. The molecule has 0 radical (unpaired) electrons. The molecule has 1 aromatic heterocycles. The van der Waals surface area contributed by atoms with Crippen LogP contribution in [0.1, 0.15) is 63.0 Å². The number of ketones is 1. The molecule has 2 aliphatic rings. The van der Waals surface area contributed by atoms with Crippen LogP contribution in [0.2, 0.25) is 0 Å². The molecule has 2 heterocycles. The number of Topliss-reactive ketones (excluding diaryl/α,β-unsaturated/α-hetero) is 1. The van der Waals surface area contributed by atoms with Gasteiger partial charge in [0.15, 0.2) is 0 Å². The van der Waals surface area contributed by atoms with E-state index in [1.807, 2.05) is 0 Å². The van der Waals surface area contributed by atoms with Crippen LogP contribution in [0.15, 0.2) is 24.4 Å². The number of amides is 1. The smallest absolute Gasteiger partial charge is 0.220 e. The molecule has 1 amide bonds. The molecule has 5 heteroatoms. The molecule has 1 aliphatic carbocycles. The molecule has 1 fully saturated rings. The van der Waals surface area contributed by atoms with Crippen molar-refractivity contribution in [3.63, 3.8) is 0 Å². The summed E-state index contributed by atoms with van der Waals surface area (Å²) >= 11 is 0. The predicted octanol–water partition coefficient (Wildman–Crippen LogP) is 3.78. The topological polar surface area (TPSA) is 65.2 Å². The molecule has 1 saturated heterocycles. The normalized spacial score (nSPS) is 23.7. The van der Waals surface area contributed by atoms with Gasteiger partial charge in [0.05, 0.1) is 0 Å². The fourth-order valence-corrected chi connectivity index (χ4v) is 5.44. The van der Waals surface area contributed by atoms with Crippen LogP contribution < -0.4 is 5.32 Å². The maximum atomic E-state index is 12.2. The molecule has 0 bridgehead atoms. The van der Waals surface area contributed by atoms with Crippen molar-refractivity contribution in [2.45, 2.75) is 64.3 Å². The zero-order valence-electron chi connectivity index (χ0n) is 17.7. The number of hydrogen-bond acceptors (Lipinski definition) is 3. The van der Waals surface area contributed by atoms with Gasteiger partial charge in [-0.15, -0.1) is 0 Å². The Kier molecular flexibility index (Phi) is 6.04. The van der Waals surface area contributed by atoms with Crippen LogP contribution in [-0.4, -0.2) is 47.3 Å². The van der Waals surface area contributed by atoms with Crippen molar-refractivity contribution >= 4 is 22.6 Å². The standard InChI is InChI=1S/C24H33N3O2/c1-3-10-27-15-17(13-26-23(29)9-4-6-16(2)28)11-20-19-7-5-8-21-24(19)18(14-25-21)12-22(20)27/h5,7-8,14,17,20,22,25H,3-4,6,9-13,15H2,1-2H3,(H,26,29). The van der Waals surface area contributed by atoms with E-state index in [1.54, 1.807) is 6.92 Å². The summed E-state index contributed by atoms with van der Waals surface area (Å²) in [6.07, 6.45) is 7.18. The second-order valence-electron chi connectivity index (χ2n) is 8.92. The molecular weight excluding hydrogens is 362 g/mol. The highest BCUT2D eigenvalue weighted by molar-refractivity contribution is 5.88. The monoisotopic (exact) mass is 395 g/mol. The summed E-state index contributed by atoms with van der Waals surface area (Å²) in [7, 11) is 0. The molecular formula is C24H33N3O2. The van der Waals surface area contributed by atoms with Crippen molar-refractivity contribution in [1.82, 2.24) is 15.2 Å². The van der Waals surface area contributed by atoms with Gasteiger partial charge < -0.3 is 15.1 Å².